The van der Waals surface area contributed by atoms with Crippen molar-refractivity contribution >= 4 is 5.91 Å². The van der Waals surface area contributed by atoms with Crippen molar-refractivity contribution < 1.29 is 18.0 Å². The molecule has 0 bridgehead atoms. The minimum atomic E-state index is -4.34. The summed E-state index contributed by atoms with van der Waals surface area (Å²) in [6.45, 7) is 5.44. The molecule has 0 aromatic heterocycles. The van der Waals surface area contributed by atoms with E-state index in [1.165, 1.54) is 0 Å². The lowest BCUT2D eigenvalue weighted by atomic mass is 10.1. The van der Waals surface area contributed by atoms with Crippen LogP contribution in [0.5, 0.6) is 0 Å². The summed E-state index contributed by atoms with van der Waals surface area (Å²) in [6.07, 6.45) is -4.38. The first-order valence-corrected chi connectivity index (χ1v) is 5.19. The fraction of sp³-hybridized carbons (Fsp3) is 0.900. The Kier molecular flexibility index (Phi) is 3.24. The maximum atomic E-state index is 12.5. The van der Waals surface area contributed by atoms with E-state index in [0.717, 1.165) is 0 Å². The van der Waals surface area contributed by atoms with Crippen LogP contribution in [-0.2, 0) is 4.79 Å². The Balaban J connectivity index is 2.42. The topological polar surface area (TPSA) is 41.1 Å². The largest absolute Gasteiger partial charge is 0.411 e. The van der Waals surface area contributed by atoms with Crippen LogP contribution in [-0.4, -0.2) is 29.7 Å². The van der Waals surface area contributed by atoms with Crippen molar-refractivity contribution in [3.63, 3.8) is 0 Å². The number of amides is 1. The van der Waals surface area contributed by atoms with Crippen LogP contribution >= 0.6 is 0 Å². The second-order valence-electron chi connectivity index (χ2n) is 5.23. The van der Waals surface area contributed by atoms with Crippen LogP contribution in [0.15, 0.2) is 0 Å². The van der Waals surface area contributed by atoms with E-state index in [9.17, 15) is 18.0 Å². The van der Waals surface area contributed by atoms with Crippen LogP contribution in [0.3, 0.4) is 0 Å². The standard InChI is InChI=1S/C10H17F3N2O/c1-8(2,3)14-6-7(16)15-9(4-5-9)10(11,12)13/h14H,4-6H2,1-3H3,(H,15,16). The number of rotatable bonds is 3. The van der Waals surface area contributed by atoms with Gasteiger partial charge < -0.3 is 10.6 Å². The van der Waals surface area contributed by atoms with Crippen molar-refractivity contribution in [2.24, 2.45) is 0 Å². The molecule has 94 valence electrons. The highest BCUT2D eigenvalue weighted by Gasteiger charge is 2.64. The van der Waals surface area contributed by atoms with Gasteiger partial charge in [0, 0.05) is 5.54 Å². The molecule has 2 N–H and O–H groups in total. The average molecular weight is 238 g/mol. The molecule has 1 rings (SSSR count). The SMILES string of the molecule is CC(C)(C)NCC(=O)NC1(C(F)(F)F)CC1. The van der Waals surface area contributed by atoms with E-state index in [1.807, 2.05) is 20.8 Å². The predicted molar refractivity (Wildman–Crippen MR) is 53.9 cm³/mol. The number of nitrogens with one attached hydrogen (secondary N) is 2. The fourth-order valence-corrected chi connectivity index (χ4v) is 1.26. The Morgan fingerprint density at radius 1 is 1.25 bits per heavy atom. The molecule has 0 saturated heterocycles. The molecule has 0 radical (unpaired) electrons. The van der Waals surface area contributed by atoms with Gasteiger partial charge in [-0.25, -0.2) is 0 Å². The highest BCUT2D eigenvalue weighted by molar-refractivity contribution is 5.79. The van der Waals surface area contributed by atoms with Gasteiger partial charge in [-0.2, -0.15) is 13.2 Å². The second kappa shape index (κ2) is 3.91. The molecule has 1 aliphatic carbocycles. The molecule has 0 spiro atoms. The average Bonchev–Trinajstić information content (AvgIpc) is 2.79. The number of carbonyl (C=O) groups excluding carboxylic acids is 1. The number of alkyl halides is 3. The number of carbonyl (C=O) groups is 1. The first-order valence-electron chi connectivity index (χ1n) is 5.19. The molecule has 0 atom stereocenters. The monoisotopic (exact) mass is 238 g/mol. The minimum absolute atomic E-state index is 0.0161. The van der Waals surface area contributed by atoms with Crippen LogP contribution in [0.4, 0.5) is 13.2 Å². The smallest absolute Gasteiger partial charge is 0.341 e. The quantitative estimate of drug-likeness (QED) is 0.784. The fourth-order valence-electron chi connectivity index (χ4n) is 1.26. The molecule has 0 aromatic rings. The third-order valence-electron chi connectivity index (χ3n) is 2.45. The summed E-state index contributed by atoms with van der Waals surface area (Å²) in [6, 6.07) is 0. The zero-order chi connectivity index (χ0) is 12.6. The molecular weight excluding hydrogens is 221 g/mol. The summed E-state index contributed by atoms with van der Waals surface area (Å²) in [4.78, 5) is 11.3. The molecule has 1 amide bonds. The van der Waals surface area contributed by atoms with Crippen LogP contribution < -0.4 is 10.6 Å². The van der Waals surface area contributed by atoms with Crippen LogP contribution in [0.2, 0.25) is 0 Å². The van der Waals surface area contributed by atoms with Gasteiger partial charge in [0.2, 0.25) is 5.91 Å². The highest BCUT2D eigenvalue weighted by Crippen LogP contribution is 2.48. The van der Waals surface area contributed by atoms with Gasteiger partial charge in [0.1, 0.15) is 5.54 Å². The summed E-state index contributed by atoms with van der Waals surface area (Å²) < 4.78 is 37.5. The number of hydrogen-bond donors (Lipinski definition) is 2. The van der Waals surface area contributed by atoms with Crippen LogP contribution in [0, 0.1) is 0 Å². The lowest BCUT2D eigenvalue weighted by molar-refractivity contribution is -0.170. The first-order chi connectivity index (χ1) is 7.06. The van der Waals surface area contributed by atoms with Crippen molar-refractivity contribution in [1.82, 2.24) is 10.6 Å². The molecule has 1 aliphatic rings. The molecule has 1 fully saturated rings. The van der Waals surface area contributed by atoms with E-state index >= 15 is 0 Å². The zero-order valence-corrected chi connectivity index (χ0v) is 9.66. The molecule has 16 heavy (non-hydrogen) atoms. The molecule has 0 aliphatic heterocycles. The van der Waals surface area contributed by atoms with Crippen molar-refractivity contribution in [3.8, 4) is 0 Å². The van der Waals surface area contributed by atoms with Gasteiger partial charge in [0.15, 0.2) is 0 Å². The van der Waals surface area contributed by atoms with Crippen molar-refractivity contribution in [2.45, 2.75) is 50.9 Å². The van der Waals surface area contributed by atoms with E-state index in [2.05, 4.69) is 10.6 Å². The zero-order valence-electron chi connectivity index (χ0n) is 9.66. The Morgan fingerprint density at radius 3 is 2.06 bits per heavy atom. The van der Waals surface area contributed by atoms with E-state index in [0.29, 0.717) is 0 Å². The lowest BCUT2D eigenvalue weighted by Crippen LogP contribution is -2.52. The summed E-state index contributed by atoms with van der Waals surface area (Å²) in [5.41, 5.74) is -2.24. The molecule has 3 nitrogen and oxygen atoms in total. The lowest BCUT2D eigenvalue weighted by Gasteiger charge is -2.23. The Morgan fingerprint density at radius 2 is 1.75 bits per heavy atom. The molecule has 0 heterocycles. The van der Waals surface area contributed by atoms with E-state index in [4.69, 9.17) is 0 Å². The normalized spacial score (nSPS) is 19.4. The first kappa shape index (κ1) is 13.3. The van der Waals surface area contributed by atoms with Gasteiger partial charge in [0.25, 0.3) is 0 Å². The highest BCUT2D eigenvalue weighted by atomic mass is 19.4. The summed E-state index contributed by atoms with van der Waals surface area (Å²) >= 11 is 0. The molecule has 0 aromatic carbocycles. The third-order valence-corrected chi connectivity index (χ3v) is 2.45. The third kappa shape index (κ3) is 3.37. The minimum Gasteiger partial charge on any atom is -0.341 e. The van der Waals surface area contributed by atoms with E-state index in [1.54, 1.807) is 0 Å². The van der Waals surface area contributed by atoms with Gasteiger partial charge in [-0.05, 0) is 33.6 Å². The predicted octanol–water partition coefficient (Wildman–Crippen LogP) is 1.59. The molecular formula is C10H17F3N2O. The number of hydrogen-bond acceptors (Lipinski definition) is 2. The van der Waals surface area contributed by atoms with Crippen LogP contribution in [0.25, 0.3) is 0 Å². The molecule has 0 unspecified atom stereocenters. The van der Waals surface area contributed by atoms with Gasteiger partial charge in [-0.3, -0.25) is 4.79 Å². The van der Waals surface area contributed by atoms with Gasteiger partial charge >= 0.3 is 6.18 Å². The summed E-state index contributed by atoms with van der Waals surface area (Å²) in [7, 11) is 0. The van der Waals surface area contributed by atoms with Crippen LogP contribution in [0.1, 0.15) is 33.6 Å². The Labute approximate surface area is 92.8 Å². The Bertz CT molecular complexity index is 277. The molecule has 6 heteroatoms. The van der Waals surface area contributed by atoms with Crippen molar-refractivity contribution in [1.29, 1.82) is 0 Å². The van der Waals surface area contributed by atoms with Crippen molar-refractivity contribution in [2.75, 3.05) is 6.54 Å². The van der Waals surface area contributed by atoms with Gasteiger partial charge in [-0.15, -0.1) is 0 Å². The van der Waals surface area contributed by atoms with E-state index < -0.39 is 17.6 Å². The number of halogens is 3. The Hall–Kier alpha value is -0.780. The van der Waals surface area contributed by atoms with E-state index in [-0.39, 0.29) is 24.9 Å². The summed E-state index contributed by atoms with van der Waals surface area (Å²) in [5, 5.41) is 4.90. The van der Waals surface area contributed by atoms with Gasteiger partial charge in [-0.1, -0.05) is 0 Å². The second-order valence-corrected chi connectivity index (χ2v) is 5.23. The van der Waals surface area contributed by atoms with Gasteiger partial charge in [0.05, 0.1) is 6.54 Å². The summed E-state index contributed by atoms with van der Waals surface area (Å²) in [5.74, 6) is -0.607. The maximum absolute atomic E-state index is 12.5. The maximum Gasteiger partial charge on any atom is 0.411 e. The van der Waals surface area contributed by atoms with Crippen molar-refractivity contribution in [3.05, 3.63) is 0 Å². The molecule has 1 saturated carbocycles.